The molecule has 4 rings (SSSR count). The van der Waals surface area contributed by atoms with Crippen LogP contribution in [0.5, 0.6) is 0 Å². The summed E-state index contributed by atoms with van der Waals surface area (Å²) in [4.78, 5) is 28.4. The first-order valence-electron chi connectivity index (χ1n) is 10.4. The number of amides is 1. The zero-order chi connectivity index (χ0) is 20.9. The number of anilines is 2. The third-order valence-electron chi connectivity index (χ3n) is 5.31. The molecule has 1 unspecified atom stereocenters. The molecule has 30 heavy (non-hydrogen) atoms. The van der Waals surface area contributed by atoms with E-state index in [9.17, 15) is 4.79 Å². The summed E-state index contributed by atoms with van der Waals surface area (Å²) in [5, 5.41) is 9.95. The van der Waals surface area contributed by atoms with Crippen molar-refractivity contribution in [3.63, 3.8) is 0 Å². The van der Waals surface area contributed by atoms with Gasteiger partial charge in [0.05, 0.1) is 5.92 Å². The molecule has 1 saturated heterocycles. The van der Waals surface area contributed by atoms with Gasteiger partial charge in [0.15, 0.2) is 0 Å². The second kappa shape index (κ2) is 9.02. The van der Waals surface area contributed by atoms with Gasteiger partial charge in [-0.15, -0.1) is 5.10 Å². The third-order valence-corrected chi connectivity index (χ3v) is 5.31. The highest BCUT2D eigenvalue weighted by Gasteiger charge is 2.28. The standard InChI is InChI=1S/C22H27N7O/c1-15-13-16(2)24-22(23-15)29-12-6-9-18(14-29)20(30)26-21-25-19(27-28-21)11-10-17-7-4-3-5-8-17/h3-5,7-8,13,18H,6,9-12,14H2,1-2H3,(H2,25,26,27,28,30). The van der Waals surface area contributed by atoms with Gasteiger partial charge >= 0.3 is 0 Å². The number of carbonyl (C=O) groups is 1. The predicted molar refractivity (Wildman–Crippen MR) is 115 cm³/mol. The summed E-state index contributed by atoms with van der Waals surface area (Å²) < 4.78 is 0. The van der Waals surface area contributed by atoms with Gasteiger partial charge in [0, 0.05) is 30.9 Å². The van der Waals surface area contributed by atoms with Gasteiger partial charge < -0.3 is 4.90 Å². The van der Waals surface area contributed by atoms with E-state index >= 15 is 0 Å². The van der Waals surface area contributed by atoms with Gasteiger partial charge in [-0.1, -0.05) is 30.3 Å². The van der Waals surface area contributed by atoms with Gasteiger partial charge in [0.25, 0.3) is 0 Å². The normalized spacial score (nSPS) is 16.5. The highest BCUT2D eigenvalue weighted by molar-refractivity contribution is 5.91. The van der Waals surface area contributed by atoms with Gasteiger partial charge in [-0.25, -0.2) is 9.97 Å². The highest BCUT2D eigenvalue weighted by atomic mass is 16.2. The first-order chi connectivity index (χ1) is 14.6. The Morgan fingerprint density at radius 3 is 2.67 bits per heavy atom. The van der Waals surface area contributed by atoms with Crippen molar-refractivity contribution in [1.29, 1.82) is 0 Å². The Bertz CT molecular complexity index is 981. The number of benzene rings is 1. The Morgan fingerprint density at radius 2 is 1.90 bits per heavy atom. The van der Waals surface area contributed by atoms with E-state index in [1.807, 2.05) is 38.1 Å². The summed E-state index contributed by atoms with van der Waals surface area (Å²) in [6, 6.07) is 12.2. The van der Waals surface area contributed by atoms with E-state index in [0.29, 0.717) is 18.4 Å². The summed E-state index contributed by atoms with van der Waals surface area (Å²) in [5.41, 5.74) is 3.12. The van der Waals surface area contributed by atoms with Gasteiger partial charge in [-0.05, 0) is 44.7 Å². The van der Waals surface area contributed by atoms with Crippen molar-refractivity contribution < 1.29 is 4.79 Å². The molecular weight excluding hydrogens is 378 g/mol. The summed E-state index contributed by atoms with van der Waals surface area (Å²) in [5.74, 6) is 1.60. The Hall–Kier alpha value is -3.29. The van der Waals surface area contributed by atoms with E-state index in [2.05, 4.69) is 47.5 Å². The molecule has 1 aromatic carbocycles. The minimum Gasteiger partial charge on any atom is -0.340 e. The molecule has 0 bridgehead atoms. The van der Waals surface area contributed by atoms with Crippen molar-refractivity contribution in [2.24, 2.45) is 5.92 Å². The number of H-pyrrole nitrogens is 1. The second-order valence-electron chi connectivity index (χ2n) is 7.82. The number of hydrogen-bond donors (Lipinski definition) is 2. The average molecular weight is 406 g/mol. The van der Waals surface area contributed by atoms with Crippen LogP contribution in [-0.2, 0) is 17.6 Å². The van der Waals surface area contributed by atoms with Crippen molar-refractivity contribution in [3.8, 4) is 0 Å². The number of piperidine rings is 1. The minimum atomic E-state index is -0.144. The zero-order valence-electron chi connectivity index (χ0n) is 17.4. The molecule has 8 heteroatoms. The van der Waals surface area contributed by atoms with Gasteiger partial charge in [-0.3, -0.25) is 15.2 Å². The largest absolute Gasteiger partial charge is 0.340 e. The van der Waals surface area contributed by atoms with E-state index < -0.39 is 0 Å². The SMILES string of the molecule is Cc1cc(C)nc(N2CCCC(C(=O)Nc3n[nH]c(CCc4ccccc4)n3)C2)n1. The summed E-state index contributed by atoms with van der Waals surface area (Å²) >= 11 is 0. The maximum atomic E-state index is 12.8. The van der Waals surface area contributed by atoms with E-state index in [4.69, 9.17) is 0 Å². The second-order valence-corrected chi connectivity index (χ2v) is 7.82. The van der Waals surface area contributed by atoms with E-state index in [1.54, 1.807) is 0 Å². The fourth-order valence-corrected chi connectivity index (χ4v) is 3.80. The molecule has 1 atom stereocenters. The van der Waals surface area contributed by atoms with Crippen LogP contribution in [0.15, 0.2) is 36.4 Å². The average Bonchev–Trinajstić information content (AvgIpc) is 3.20. The maximum Gasteiger partial charge on any atom is 0.248 e. The van der Waals surface area contributed by atoms with Crippen LogP contribution in [0, 0.1) is 19.8 Å². The number of nitrogens with one attached hydrogen (secondary N) is 2. The monoisotopic (exact) mass is 405 g/mol. The molecule has 1 fully saturated rings. The van der Waals surface area contributed by atoms with Crippen LogP contribution in [0.3, 0.4) is 0 Å². The van der Waals surface area contributed by atoms with Crippen molar-refractivity contribution in [3.05, 3.63) is 59.2 Å². The van der Waals surface area contributed by atoms with Gasteiger partial charge in [0.2, 0.25) is 17.8 Å². The number of hydrogen-bond acceptors (Lipinski definition) is 6. The highest BCUT2D eigenvalue weighted by Crippen LogP contribution is 2.22. The fourth-order valence-electron chi connectivity index (χ4n) is 3.80. The molecule has 0 saturated carbocycles. The molecule has 0 radical (unpaired) electrons. The summed E-state index contributed by atoms with van der Waals surface area (Å²) in [6.45, 7) is 5.38. The topological polar surface area (TPSA) is 99.7 Å². The molecule has 1 amide bonds. The molecule has 156 valence electrons. The van der Waals surface area contributed by atoms with Crippen LogP contribution in [0.4, 0.5) is 11.9 Å². The fraction of sp³-hybridized carbons (Fsp3) is 0.409. The smallest absolute Gasteiger partial charge is 0.248 e. The molecule has 2 N–H and O–H groups in total. The summed E-state index contributed by atoms with van der Waals surface area (Å²) in [6.07, 6.45) is 3.37. The Labute approximate surface area is 176 Å². The number of aromatic amines is 1. The minimum absolute atomic E-state index is 0.0577. The molecule has 0 aliphatic carbocycles. The van der Waals surface area contributed by atoms with Crippen LogP contribution < -0.4 is 10.2 Å². The number of aromatic nitrogens is 5. The lowest BCUT2D eigenvalue weighted by molar-refractivity contribution is -0.120. The van der Waals surface area contributed by atoms with Crippen molar-refractivity contribution in [1.82, 2.24) is 25.1 Å². The predicted octanol–water partition coefficient (Wildman–Crippen LogP) is 2.85. The lowest BCUT2D eigenvalue weighted by Crippen LogP contribution is -2.41. The van der Waals surface area contributed by atoms with Crippen LogP contribution in [-0.4, -0.2) is 44.1 Å². The van der Waals surface area contributed by atoms with Gasteiger partial charge in [-0.2, -0.15) is 4.98 Å². The third kappa shape index (κ3) is 5.00. The number of rotatable bonds is 6. The molecule has 1 aliphatic rings. The Morgan fingerprint density at radius 1 is 1.13 bits per heavy atom. The number of carbonyl (C=O) groups excluding carboxylic acids is 1. The number of nitrogens with zero attached hydrogens (tertiary/aromatic N) is 5. The quantitative estimate of drug-likeness (QED) is 0.654. The molecular formula is C22H27N7O. The molecule has 3 heterocycles. The van der Waals surface area contributed by atoms with Crippen LogP contribution in [0.1, 0.15) is 35.6 Å². The molecule has 8 nitrogen and oxygen atoms in total. The van der Waals surface area contributed by atoms with Crippen LogP contribution in [0.25, 0.3) is 0 Å². The lowest BCUT2D eigenvalue weighted by Gasteiger charge is -2.32. The Balaban J connectivity index is 1.34. The van der Waals surface area contributed by atoms with E-state index in [-0.39, 0.29) is 11.8 Å². The van der Waals surface area contributed by atoms with Crippen molar-refractivity contribution >= 4 is 17.8 Å². The first kappa shape index (κ1) is 20.0. The van der Waals surface area contributed by atoms with E-state index in [1.165, 1.54) is 5.56 Å². The Kier molecular flexibility index (Phi) is 6.02. The first-order valence-corrected chi connectivity index (χ1v) is 10.4. The molecule has 3 aromatic rings. The number of aryl methyl sites for hydroxylation is 4. The van der Waals surface area contributed by atoms with Crippen molar-refractivity contribution in [2.75, 3.05) is 23.3 Å². The van der Waals surface area contributed by atoms with Crippen molar-refractivity contribution in [2.45, 2.75) is 39.5 Å². The van der Waals surface area contributed by atoms with Gasteiger partial charge in [0.1, 0.15) is 5.82 Å². The summed E-state index contributed by atoms with van der Waals surface area (Å²) in [7, 11) is 0. The maximum absolute atomic E-state index is 12.8. The molecule has 2 aromatic heterocycles. The molecule has 1 aliphatic heterocycles. The van der Waals surface area contributed by atoms with Crippen LogP contribution in [0.2, 0.25) is 0 Å². The molecule has 0 spiro atoms. The lowest BCUT2D eigenvalue weighted by atomic mass is 9.97. The van der Waals surface area contributed by atoms with Crippen LogP contribution >= 0.6 is 0 Å². The zero-order valence-corrected chi connectivity index (χ0v) is 17.4. The van der Waals surface area contributed by atoms with E-state index in [0.717, 1.165) is 49.4 Å².